The van der Waals surface area contributed by atoms with Crippen LogP contribution in [0, 0.1) is 11.8 Å². The van der Waals surface area contributed by atoms with E-state index in [1.807, 2.05) is 25.2 Å². The van der Waals surface area contributed by atoms with E-state index in [0.717, 1.165) is 32.1 Å². The van der Waals surface area contributed by atoms with E-state index in [1.165, 1.54) is 0 Å². The highest BCUT2D eigenvalue weighted by Crippen LogP contribution is 2.45. The fourth-order valence-corrected chi connectivity index (χ4v) is 5.96. The first-order valence-corrected chi connectivity index (χ1v) is 11.6. The van der Waals surface area contributed by atoms with Gasteiger partial charge in [-0.05, 0) is 57.8 Å². The van der Waals surface area contributed by atoms with E-state index in [1.54, 1.807) is 0 Å². The smallest absolute Gasteiger partial charge is 0.303 e. The number of carboxylic acids is 1. The van der Waals surface area contributed by atoms with Gasteiger partial charge in [0.15, 0.2) is 9.84 Å². The molecule has 2 fully saturated rings. The molecule has 1 N–H and O–H groups in total. The minimum Gasteiger partial charge on any atom is -0.481 e. The zero-order valence-electron chi connectivity index (χ0n) is 15.7. The molecule has 2 aliphatic heterocycles. The molecule has 6 heteroatoms. The van der Waals surface area contributed by atoms with E-state index in [0.29, 0.717) is 12.8 Å². The van der Waals surface area contributed by atoms with Gasteiger partial charge in [-0.1, -0.05) is 24.3 Å². The van der Waals surface area contributed by atoms with Crippen LogP contribution in [-0.2, 0) is 19.4 Å². The number of aliphatic carboxylic acids is 1. The molecular formula is C20H32O5S. The first kappa shape index (κ1) is 21.2. The minimum atomic E-state index is -3.05. The minimum absolute atomic E-state index is 0.0933. The van der Waals surface area contributed by atoms with Crippen LogP contribution in [0.15, 0.2) is 24.3 Å². The van der Waals surface area contributed by atoms with Gasteiger partial charge in [-0.25, -0.2) is 8.42 Å². The predicted octanol–water partition coefficient (Wildman–Crippen LogP) is 3.75. The lowest BCUT2D eigenvalue weighted by molar-refractivity contribution is -0.137. The fourth-order valence-electron chi connectivity index (χ4n) is 4.13. The summed E-state index contributed by atoms with van der Waals surface area (Å²) in [5.74, 6) is 0.100. The third-order valence-corrected chi connectivity index (χ3v) is 7.24. The number of allylic oxidation sites excluding steroid dienone is 4. The van der Waals surface area contributed by atoms with Gasteiger partial charge < -0.3 is 9.84 Å². The number of unbranched alkanes of at least 4 members (excludes halogenated alkanes) is 2. The van der Waals surface area contributed by atoms with Crippen LogP contribution in [0.4, 0.5) is 0 Å². The second-order valence-electron chi connectivity index (χ2n) is 7.44. The number of ether oxygens (including phenoxy) is 1. The molecule has 0 aromatic carbocycles. The summed E-state index contributed by atoms with van der Waals surface area (Å²) in [7, 11) is -3.05. The molecule has 2 bridgehead atoms. The van der Waals surface area contributed by atoms with Crippen LogP contribution < -0.4 is 0 Å². The third-order valence-electron chi connectivity index (χ3n) is 5.43. The molecule has 0 aromatic heterocycles. The molecule has 5 nitrogen and oxygen atoms in total. The Hall–Kier alpha value is -1.14. The molecule has 0 unspecified atom stereocenters. The van der Waals surface area contributed by atoms with Crippen LogP contribution >= 0.6 is 0 Å². The standard InChI is InChI=1S/C20H32O5S/c1-2-3-4-9-14-26(23,24)15-17-16(18-12-13-19(17)25-18)10-7-5-6-8-11-20(21)22/h2-3,5,7,16-19H,4,6,8-15H2,1H3,(H,21,22)/b3-2?,7-5-/t16-,17+,18-,19+/m1/s1. The van der Waals surface area contributed by atoms with Crippen molar-refractivity contribution < 1.29 is 23.1 Å². The molecule has 0 radical (unpaired) electrons. The molecule has 0 amide bonds. The molecule has 0 aromatic rings. The lowest BCUT2D eigenvalue weighted by atomic mass is 9.78. The van der Waals surface area contributed by atoms with Crippen LogP contribution in [0.1, 0.15) is 58.3 Å². The quantitative estimate of drug-likeness (QED) is 0.409. The molecule has 2 aliphatic rings. The summed E-state index contributed by atoms with van der Waals surface area (Å²) < 4.78 is 31.0. The fraction of sp³-hybridized carbons (Fsp3) is 0.750. The number of hydrogen-bond donors (Lipinski definition) is 1. The van der Waals surface area contributed by atoms with E-state index in [4.69, 9.17) is 9.84 Å². The summed E-state index contributed by atoms with van der Waals surface area (Å²) in [4.78, 5) is 10.5. The first-order chi connectivity index (χ1) is 12.4. The van der Waals surface area contributed by atoms with Gasteiger partial charge in [0.25, 0.3) is 0 Å². The van der Waals surface area contributed by atoms with Crippen molar-refractivity contribution in [1.29, 1.82) is 0 Å². The number of hydrogen-bond acceptors (Lipinski definition) is 4. The number of fused-ring (bicyclic) bond motifs is 2. The molecule has 0 spiro atoms. The zero-order chi connectivity index (χ0) is 19.0. The summed E-state index contributed by atoms with van der Waals surface area (Å²) in [5.41, 5.74) is 0. The predicted molar refractivity (Wildman–Crippen MR) is 103 cm³/mol. The van der Waals surface area contributed by atoms with Crippen LogP contribution in [-0.4, -0.2) is 43.2 Å². The Morgan fingerprint density at radius 1 is 1.08 bits per heavy atom. The Kier molecular flexibility index (Phi) is 8.35. The van der Waals surface area contributed by atoms with Crippen molar-refractivity contribution in [3.63, 3.8) is 0 Å². The van der Waals surface area contributed by atoms with Gasteiger partial charge in [-0.15, -0.1) is 0 Å². The molecule has 26 heavy (non-hydrogen) atoms. The Balaban J connectivity index is 1.83. The summed E-state index contributed by atoms with van der Waals surface area (Å²) in [6, 6.07) is 0. The van der Waals surface area contributed by atoms with Crippen molar-refractivity contribution in [2.75, 3.05) is 11.5 Å². The molecule has 2 heterocycles. The van der Waals surface area contributed by atoms with E-state index in [9.17, 15) is 13.2 Å². The molecule has 2 rings (SSSR count). The molecule has 0 aliphatic carbocycles. The Labute approximate surface area is 157 Å². The van der Waals surface area contributed by atoms with Crippen molar-refractivity contribution >= 4 is 15.8 Å². The Bertz CT molecular complexity index is 608. The number of carbonyl (C=O) groups is 1. The maximum atomic E-state index is 12.5. The summed E-state index contributed by atoms with van der Waals surface area (Å²) in [6.07, 6.45) is 14.3. The van der Waals surface area contributed by atoms with Crippen molar-refractivity contribution in [2.24, 2.45) is 11.8 Å². The zero-order valence-corrected chi connectivity index (χ0v) is 16.5. The van der Waals surface area contributed by atoms with E-state index in [2.05, 4.69) is 6.08 Å². The second-order valence-corrected chi connectivity index (χ2v) is 9.67. The monoisotopic (exact) mass is 384 g/mol. The Morgan fingerprint density at radius 3 is 2.46 bits per heavy atom. The molecule has 0 saturated carbocycles. The van der Waals surface area contributed by atoms with E-state index < -0.39 is 15.8 Å². The van der Waals surface area contributed by atoms with Gasteiger partial charge in [0.05, 0.1) is 23.7 Å². The van der Waals surface area contributed by atoms with Crippen LogP contribution in [0.5, 0.6) is 0 Å². The largest absolute Gasteiger partial charge is 0.481 e. The average Bonchev–Trinajstić information content (AvgIpc) is 3.16. The SMILES string of the molecule is CC=CCCCS(=O)(=O)C[C@H]1[C@@H](C/C=C\CCCC(=O)O)[C@H]2CC[C@@H]1O2. The first-order valence-electron chi connectivity index (χ1n) is 9.77. The van der Waals surface area contributed by atoms with Gasteiger partial charge in [-0.3, -0.25) is 4.79 Å². The van der Waals surface area contributed by atoms with Crippen LogP contribution in [0.3, 0.4) is 0 Å². The molecule has 148 valence electrons. The van der Waals surface area contributed by atoms with Crippen LogP contribution in [0.2, 0.25) is 0 Å². The van der Waals surface area contributed by atoms with Crippen molar-refractivity contribution in [3.8, 4) is 0 Å². The summed E-state index contributed by atoms with van der Waals surface area (Å²) >= 11 is 0. The van der Waals surface area contributed by atoms with E-state index in [-0.39, 0.29) is 42.0 Å². The van der Waals surface area contributed by atoms with Gasteiger partial charge >= 0.3 is 5.97 Å². The normalized spacial score (nSPS) is 28.5. The summed E-state index contributed by atoms with van der Waals surface area (Å²) in [6.45, 7) is 1.95. The highest BCUT2D eigenvalue weighted by atomic mass is 32.2. The van der Waals surface area contributed by atoms with Crippen molar-refractivity contribution in [2.45, 2.75) is 70.5 Å². The molecule has 4 atom stereocenters. The lowest BCUT2D eigenvalue weighted by Crippen LogP contribution is -2.33. The maximum Gasteiger partial charge on any atom is 0.303 e. The highest BCUT2D eigenvalue weighted by Gasteiger charge is 2.49. The Morgan fingerprint density at radius 2 is 1.77 bits per heavy atom. The van der Waals surface area contributed by atoms with Gasteiger partial charge in [0, 0.05) is 12.3 Å². The van der Waals surface area contributed by atoms with Crippen molar-refractivity contribution in [3.05, 3.63) is 24.3 Å². The van der Waals surface area contributed by atoms with Gasteiger partial charge in [-0.2, -0.15) is 0 Å². The highest BCUT2D eigenvalue weighted by molar-refractivity contribution is 7.91. The summed E-state index contributed by atoms with van der Waals surface area (Å²) in [5, 5.41) is 8.65. The maximum absolute atomic E-state index is 12.5. The average molecular weight is 385 g/mol. The molecule has 2 saturated heterocycles. The third kappa shape index (κ3) is 6.54. The number of carboxylic acid groups (broad SMARTS) is 1. The van der Waals surface area contributed by atoms with Gasteiger partial charge in [0.2, 0.25) is 0 Å². The lowest BCUT2D eigenvalue weighted by Gasteiger charge is -2.27. The van der Waals surface area contributed by atoms with Crippen LogP contribution in [0.25, 0.3) is 0 Å². The second kappa shape index (κ2) is 10.3. The number of rotatable bonds is 12. The molecular weight excluding hydrogens is 352 g/mol. The van der Waals surface area contributed by atoms with E-state index >= 15 is 0 Å². The van der Waals surface area contributed by atoms with Gasteiger partial charge in [0.1, 0.15) is 0 Å². The topological polar surface area (TPSA) is 80.7 Å². The number of sulfone groups is 1. The van der Waals surface area contributed by atoms with Crippen molar-refractivity contribution in [1.82, 2.24) is 0 Å².